The van der Waals surface area contributed by atoms with Crippen molar-refractivity contribution in [2.45, 2.75) is 38.0 Å². The average molecular weight is 449 g/mol. The number of likely N-dealkylation sites (tertiary alicyclic amines) is 1. The molecule has 0 bridgehead atoms. The first kappa shape index (κ1) is 22.9. The molecule has 4 rings (SSSR count). The number of nitrogens with zero attached hydrogens (tertiary/aromatic N) is 3. The predicted molar refractivity (Wildman–Crippen MR) is 123 cm³/mol. The zero-order valence-corrected chi connectivity index (χ0v) is 18.4. The second-order valence-corrected chi connectivity index (χ2v) is 8.18. The van der Waals surface area contributed by atoms with Crippen molar-refractivity contribution < 1.29 is 13.2 Å². The molecule has 3 nitrogen and oxygen atoms in total. The highest BCUT2D eigenvalue weighted by Gasteiger charge is 2.33. The lowest BCUT2D eigenvalue weighted by atomic mass is 9.91. The number of piperidine rings is 1. The van der Waals surface area contributed by atoms with E-state index in [0.29, 0.717) is 0 Å². The molecule has 1 fully saturated rings. The van der Waals surface area contributed by atoms with Gasteiger partial charge in [-0.05, 0) is 73.2 Å². The van der Waals surface area contributed by atoms with Crippen LogP contribution in [0.3, 0.4) is 0 Å². The van der Waals surface area contributed by atoms with E-state index in [0.717, 1.165) is 53.9 Å². The molecule has 6 heteroatoms. The average Bonchev–Trinajstić information content (AvgIpc) is 3.34. The summed E-state index contributed by atoms with van der Waals surface area (Å²) < 4.78 is 40.9. The fourth-order valence-electron chi connectivity index (χ4n) is 4.12. The number of alkyl halides is 3. The summed E-state index contributed by atoms with van der Waals surface area (Å²) in [5.41, 5.74) is 2.96. The summed E-state index contributed by atoms with van der Waals surface area (Å²) >= 11 is 0. The molecule has 1 saturated heterocycles. The molecular formula is C27H25F3N3. The van der Waals surface area contributed by atoms with Gasteiger partial charge in [-0.3, -0.25) is 4.90 Å². The first-order valence-electron chi connectivity index (χ1n) is 10.8. The van der Waals surface area contributed by atoms with Gasteiger partial charge < -0.3 is 0 Å². The Morgan fingerprint density at radius 1 is 1.12 bits per heavy atom. The van der Waals surface area contributed by atoms with Gasteiger partial charge in [0.2, 0.25) is 0 Å². The van der Waals surface area contributed by atoms with Gasteiger partial charge in [0.25, 0.3) is 0 Å². The number of rotatable bonds is 4. The van der Waals surface area contributed by atoms with Crippen LogP contribution in [0.2, 0.25) is 0 Å². The second kappa shape index (κ2) is 9.68. The number of hydrogen-bond donors (Lipinski definition) is 0. The van der Waals surface area contributed by atoms with Crippen LogP contribution in [0.4, 0.5) is 13.2 Å². The van der Waals surface area contributed by atoms with Gasteiger partial charge in [-0.25, -0.2) is 4.68 Å². The maximum Gasteiger partial charge on any atom is 0.416 e. The molecule has 0 aliphatic carbocycles. The van der Waals surface area contributed by atoms with Gasteiger partial charge in [-0.2, -0.15) is 18.3 Å². The molecule has 2 heterocycles. The van der Waals surface area contributed by atoms with Gasteiger partial charge in [0.05, 0.1) is 17.3 Å². The fraction of sp³-hybridized carbons (Fsp3) is 0.259. The molecule has 33 heavy (non-hydrogen) atoms. The summed E-state index contributed by atoms with van der Waals surface area (Å²) in [6.07, 6.45) is 3.11. The summed E-state index contributed by atoms with van der Waals surface area (Å²) in [6.45, 7) is 6.54. The lowest BCUT2D eigenvalue weighted by Gasteiger charge is -2.39. The van der Waals surface area contributed by atoms with Crippen molar-refractivity contribution in [2.24, 2.45) is 0 Å². The Morgan fingerprint density at radius 3 is 2.45 bits per heavy atom. The van der Waals surface area contributed by atoms with E-state index in [4.69, 9.17) is 0 Å². The minimum Gasteiger partial charge on any atom is -0.279 e. The van der Waals surface area contributed by atoms with Crippen molar-refractivity contribution in [1.29, 1.82) is 0 Å². The molecule has 1 aromatic heterocycles. The van der Waals surface area contributed by atoms with E-state index >= 15 is 0 Å². The zero-order chi connectivity index (χ0) is 23.4. The van der Waals surface area contributed by atoms with E-state index in [1.54, 1.807) is 23.0 Å². The van der Waals surface area contributed by atoms with Crippen molar-refractivity contribution >= 4 is 0 Å². The summed E-state index contributed by atoms with van der Waals surface area (Å²) in [7, 11) is 0. The van der Waals surface area contributed by atoms with Crippen molar-refractivity contribution in [1.82, 2.24) is 14.7 Å². The summed E-state index contributed by atoms with van der Waals surface area (Å²) in [4.78, 5) is 2.28. The Kier molecular flexibility index (Phi) is 6.71. The molecule has 2 aromatic carbocycles. The first-order chi connectivity index (χ1) is 15.8. The quantitative estimate of drug-likeness (QED) is 0.422. The third-order valence-electron chi connectivity index (χ3n) is 5.74. The van der Waals surface area contributed by atoms with Crippen LogP contribution < -0.4 is 0 Å². The Bertz CT molecular complexity index is 1130. The number of aromatic nitrogens is 2. The number of benzene rings is 2. The monoisotopic (exact) mass is 448 g/mol. The molecule has 0 N–H and O–H groups in total. The van der Waals surface area contributed by atoms with Crippen molar-refractivity contribution in [2.75, 3.05) is 6.54 Å². The van der Waals surface area contributed by atoms with Gasteiger partial charge >= 0.3 is 6.18 Å². The van der Waals surface area contributed by atoms with Crippen molar-refractivity contribution in [3.63, 3.8) is 0 Å². The number of hydrogen-bond acceptors (Lipinski definition) is 2. The summed E-state index contributed by atoms with van der Waals surface area (Å²) in [5, 5.41) is 4.27. The third kappa shape index (κ3) is 5.37. The summed E-state index contributed by atoms with van der Waals surface area (Å²) in [6, 6.07) is 15.2. The SMILES string of the molecule is C=C(C)C#C[C@H](c1ccc(-n2cccn2)cc1)N1CC[CH]C[C@H]1c1ccc(C(F)(F)F)cc1. The van der Waals surface area contributed by atoms with Crippen LogP contribution in [0.15, 0.2) is 79.1 Å². The van der Waals surface area contributed by atoms with E-state index < -0.39 is 11.7 Å². The van der Waals surface area contributed by atoms with E-state index in [-0.39, 0.29) is 12.1 Å². The van der Waals surface area contributed by atoms with Crippen LogP contribution in [0, 0.1) is 18.3 Å². The molecule has 0 unspecified atom stereocenters. The molecule has 1 radical (unpaired) electrons. The van der Waals surface area contributed by atoms with Gasteiger partial charge in [-0.1, -0.05) is 42.7 Å². The maximum absolute atomic E-state index is 13.0. The van der Waals surface area contributed by atoms with E-state index in [1.165, 1.54) is 0 Å². The summed E-state index contributed by atoms with van der Waals surface area (Å²) in [5.74, 6) is 6.48. The molecule has 169 valence electrons. The van der Waals surface area contributed by atoms with E-state index in [9.17, 15) is 13.2 Å². The molecule has 0 spiro atoms. The highest BCUT2D eigenvalue weighted by molar-refractivity contribution is 5.39. The van der Waals surface area contributed by atoms with Crippen LogP contribution in [0.25, 0.3) is 5.69 Å². The van der Waals surface area contributed by atoms with Crippen molar-refractivity contribution in [3.8, 4) is 17.5 Å². The molecular weight excluding hydrogens is 423 g/mol. The van der Waals surface area contributed by atoms with Crippen LogP contribution in [-0.4, -0.2) is 21.2 Å². The Balaban J connectivity index is 1.68. The molecule has 0 amide bonds. The standard InChI is InChI=1S/C27H25F3N3/c1-20(2)7-16-26(22-10-14-24(15-11-22)33-19-5-17-31-33)32-18-4-3-6-25(32)21-8-12-23(13-9-21)27(28,29)30/h3,5,8-15,17,19,25-26H,1,4,6,18H2,2H3/t25-,26+/m0/s1. The largest absolute Gasteiger partial charge is 0.416 e. The highest BCUT2D eigenvalue weighted by atomic mass is 19.4. The second-order valence-electron chi connectivity index (χ2n) is 8.18. The van der Waals surface area contributed by atoms with Crippen LogP contribution in [0.5, 0.6) is 0 Å². The highest BCUT2D eigenvalue weighted by Crippen LogP contribution is 2.38. The van der Waals surface area contributed by atoms with Crippen molar-refractivity contribution in [3.05, 3.63) is 102 Å². The molecule has 1 aliphatic heterocycles. The fourth-order valence-corrected chi connectivity index (χ4v) is 4.12. The molecule has 0 saturated carbocycles. The molecule has 3 aromatic rings. The normalized spacial score (nSPS) is 17.8. The Morgan fingerprint density at radius 2 is 1.85 bits per heavy atom. The van der Waals surface area contributed by atoms with Gasteiger partial charge in [0, 0.05) is 25.0 Å². The molecule has 2 atom stereocenters. The minimum absolute atomic E-state index is 0.0590. The molecule has 1 aliphatic rings. The first-order valence-corrected chi connectivity index (χ1v) is 10.8. The zero-order valence-electron chi connectivity index (χ0n) is 18.4. The van der Waals surface area contributed by atoms with Gasteiger partial charge in [0.15, 0.2) is 0 Å². The topological polar surface area (TPSA) is 21.1 Å². The maximum atomic E-state index is 13.0. The Labute approximate surface area is 192 Å². The third-order valence-corrected chi connectivity index (χ3v) is 5.74. The lowest BCUT2D eigenvalue weighted by Crippen LogP contribution is -2.36. The number of allylic oxidation sites excluding steroid dienone is 1. The lowest BCUT2D eigenvalue weighted by molar-refractivity contribution is -0.137. The van der Waals surface area contributed by atoms with Crippen LogP contribution >= 0.6 is 0 Å². The minimum atomic E-state index is -4.34. The Hall–Kier alpha value is -3.30. The van der Waals surface area contributed by atoms with Gasteiger partial charge in [0.1, 0.15) is 0 Å². The smallest absolute Gasteiger partial charge is 0.279 e. The van der Waals surface area contributed by atoms with Crippen LogP contribution in [0.1, 0.15) is 48.5 Å². The van der Waals surface area contributed by atoms with Crippen LogP contribution in [-0.2, 0) is 6.18 Å². The van der Waals surface area contributed by atoms with E-state index in [1.807, 2.05) is 43.5 Å². The van der Waals surface area contributed by atoms with E-state index in [2.05, 4.69) is 34.8 Å². The number of halogens is 3. The van der Waals surface area contributed by atoms with Gasteiger partial charge in [-0.15, -0.1) is 0 Å². The predicted octanol–water partition coefficient (Wildman–Crippen LogP) is 6.55.